The fourth-order valence-corrected chi connectivity index (χ4v) is 11.0. The summed E-state index contributed by atoms with van der Waals surface area (Å²) in [4.78, 5) is 22.1. The third kappa shape index (κ3) is 6.02. The molecule has 4 nitrogen and oxygen atoms in total. The Balaban J connectivity index is 4.69. The van der Waals surface area contributed by atoms with Gasteiger partial charge >= 0.3 is 96.3 Å². The molecule has 0 bridgehead atoms. The van der Waals surface area contributed by atoms with E-state index in [1.54, 1.807) is 0 Å². The molecule has 0 rings (SSSR count). The van der Waals surface area contributed by atoms with Gasteiger partial charge in [-0.3, -0.25) is 0 Å². The number of hydrogen-bond donors (Lipinski definition) is 0. The quantitative estimate of drug-likeness (QED) is 0.704. The zero-order valence-corrected chi connectivity index (χ0v) is 12.8. The van der Waals surface area contributed by atoms with E-state index in [2.05, 4.69) is 0 Å². The van der Waals surface area contributed by atoms with Gasteiger partial charge in [0.05, 0.1) is 0 Å². The van der Waals surface area contributed by atoms with Crippen LogP contribution in [0.2, 0.25) is 8.87 Å². The molecule has 0 aromatic carbocycles. The first kappa shape index (κ1) is 14.7. The molecular formula is C10H20O4Sn. The van der Waals surface area contributed by atoms with Gasteiger partial charge in [-0.05, 0) is 0 Å². The molecule has 0 aromatic rings. The van der Waals surface area contributed by atoms with Crippen LogP contribution in [0.15, 0.2) is 0 Å². The summed E-state index contributed by atoms with van der Waals surface area (Å²) in [7, 11) is 0. The molecule has 5 heteroatoms. The summed E-state index contributed by atoms with van der Waals surface area (Å²) < 4.78 is 12.2. The van der Waals surface area contributed by atoms with Crippen molar-refractivity contribution in [2.24, 2.45) is 0 Å². The fourth-order valence-electron chi connectivity index (χ4n) is 1.64. The number of hydrogen-bond acceptors (Lipinski definition) is 4. The molecule has 0 saturated heterocycles. The van der Waals surface area contributed by atoms with Gasteiger partial charge in [0.15, 0.2) is 0 Å². The van der Waals surface area contributed by atoms with Crippen LogP contribution < -0.4 is 0 Å². The first-order chi connectivity index (χ1) is 6.95. The van der Waals surface area contributed by atoms with Crippen LogP contribution >= 0.6 is 0 Å². The van der Waals surface area contributed by atoms with Gasteiger partial charge in [-0.2, -0.15) is 0 Å². The van der Waals surface area contributed by atoms with Gasteiger partial charge in [-0.1, -0.05) is 0 Å². The van der Waals surface area contributed by atoms with E-state index in [4.69, 9.17) is 6.15 Å². The summed E-state index contributed by atoms with van der Waals surface area (Å²) in [6.07, 6.45) is 1.77. The number of carbonyl (C=O) groups is 2. The molecule has 0 atom stereocenters. The standard InChI is InChI=1S/2C3H7.2C2H4O2.Sn/c2*1-3-2;2*1-2(3)4;/h2*1,3H2,2H3;2*1H3,(H,3,4);/q;;;;+2/p-2. The monoisotopic (exact) mass is 324 g/mol. The van der Waals surface area contributed by atoms with Crippen LogP contribution in [0.3, 0.4) is 0 Å². The fraction of sp³-hybridized carbons (Fsp3) is 0.800. The van der Waals surface area contributed by atoms with Crippen molar-refractivity contribution in [2.75, 3.05) is 0 Å². The third-order valence-electron chi connectivity index (χ3n) is 1.92. The van der Waals surface area contributed by atoms with E-state index in [-0.39, 0.29) is 11.9 Å². The van der Waals surface area contributed by atoms with Gasteiger partial charge in [0.1, 0.15) is 0 Å². The maximum absolute atomic E-state index is 11.0. The number of carbonyl (C=O) groups excluding carboxylic acids is 2. The van der Waals surface area contributed by atoms with E-state index >= 15 is 0 Å². The molecule has 0 aromatic heterocycles. The SMILES string of the molecule is CC[CH2][Sn]([CH2]CC)([O]C(C)=O)[O]C(C)=O. The molecular weight excluding hydrogens is 303 g/mol. The molecule has 0 spiro atoms. The van der Waals surface area contributed by atoms with Gasteiger partial charge in [0, 0.05) is 0 Å². The van der Waals surface area contributed by atoms with Gasteiger partial charge in [-0.15, -0.1) is 0 Å². The average Bonchev–Trinajstić information content (AvgIpc) is 2.01. The van der Waals surface area contributed by atoms with E-state index in [0.717, 1.165) is 21.7 Å². The summed E-state index contributed by atoms with van der Waals surface area (Å²) in [5.41, 5.74) is 0. The summed E-state index contributed by atoms with van der Waals surface area (Å²) in [5.74, 6) is -0.650. The summed E-state index contributed by atoms with van der Waals surface area (Å²) in [5, 5.41) is 0. The van der Waals surface area contributed by atoms with Crippen LogP contribution in [0.1, 0.15) is 40.5 Å². The Labute approximate surface area is 96.3 Å². The van der Waals surface area contributed by atoms with Crippen molar-refractivity contribution in [1.29, 1.82) is 0 Å². The maximum atomic E-state index is 11.0. The second-order valence-corrected chi connectivity index (χ2v) is 12.8. The Morgan fingerprint density at radius 2 is 1.27 bits per heavy atom. The molecule has 0 heterocycles. The Morgan fingerprint density at radius 3 is 1.47 bits per heavy atom. The average molecular weight is 323 g/mol. The van der Waals surface area contributed by atoms with Crippen LogP contribution in [0.4, 0.5) is 0 Å². The number of rotatable bonds is 6. The summed E-state index contributed by atoms with van der Waals surface area (Å²) in [6.45, 7) is 6.77. The van der Waals surface area contributed by atoms with Crippen LogP contribution in [0.5, 0.6) is 0 Å². The van der Waals surface area contributed by atoms with Gasteiger partial charge in [0.25, 0.3) is 0 Å². The predicted octanol–water partition coefficient (Wildman–Crippen LogP) is 2.37. The van der Waals surface area contributed by atoms with Gasteiger partial charge < -0.3 is 0 Å². The van der Waals surface area contributed by atoms with Crippen molar-refractivity contribution in [3.05, 3.63) is 0 Å². The van der Waals surface area contributed by atoms with Gasteiger partial charge in [0.2, 0.25) is 0 Å². The minimum absolute atomic E-state index is 0.325. The molecule has 0 fully saturated rings. The van der Waals surface area contributed by atoms with Crippen LogP contribution in [0.25, 0.3) is 0 Å². The van der Waals surface area contributed by atoms with Crippen molar-refractivity contribution in [2.45, 2.75) is 49.4 Å². The van der Waals surface area contributed by atoms with Crippen molar-refractivity contribution in [3.63, 3.8) is 0 Å². The van der Waals surface area contributed by atoms with E-state index in [1.807, 2.05) is 13.8 Å². The van der Waals surface area contributed by atoms with Gasteiger partial charge in [-0.25, -0.2) is 0 Å². The Bertz CT molecular complexity index is 203. The predicted molar refractivity (Wildman–Crippen MR) is 59.5 cm³/mol. The minimum atomic E-state index is -3.42. The van der Waals surface area contributed by atoms with Crippen LogP contribution in [-0.2, 0) is 15.7 Å². The first-order valence-electron chi connectivity index (χ1n) is 5.35. The molecule has 0 radical (unpaired) electrons. The Hall–Kier alpha value is -0.261. The topological polar surface area (TPSA) is 52.6 Å². The van der Waals surface area contributed by atoms with Crippen molar-refractivity contribution < 1.29 is 15.7 Å². The third-order valence-corrected chi connectivity index (χ3v) is 12.9. The molecule has 88 valence electrons. The molecule has 15 heavy (non-hydrogen) atoms. The zero-order chi connectivity index (χ0) is 11.9. The molecule has 0 aliphatic rings. The second kappa shape index (κ2) is 7.09. The van der Waals surface area contributed by atoms with Crippen LogP contribution in [0, 0.1) is 0 Å². The van der Waals surface area contributed by atoms with Crippen molar-refractivity contribution in [3.8, 4) is 0 Å². The Morgan fingerprint density at radius 1 is 0.933 bits per heavy atom. The molecule has 0 aliphatic carbocycles. The molecule has 0 unspecified atom stereocenters. The summed E-state index contributed by atoms with van der Waals surface area (Å²) in [6, 6.07) is 0. The normalized spacial score (nSPS) is 10.9. The molecule has 0 N–H and O–H groups in total. The molecule has 0 amide bonds. The second-order valence-electron chi connectivity index (χ2n) is 3.60. The van der Waals surface area contributed by atoms with Crippen LogP contribution in [-0.4, -0.2) is 31.1 Å². The Kier molecular flexibility index (Phi) is 6.96. The zero-order valence-electron chi connectivity index (χ0n) is 9.96. The van der Waals surface area contributed by atoms with E-state index in [9.17, 15) is 9.59 Å². The van der Waals surface area contributed by atoms with Crippen molar-refractivity contribution >= 4 is 31.1 Å². The van der Waals surface area contributed by atoms with E-state index in [1.165, 1.54) is 13.8 Å². The first-order valence-corrected chi connectivity index (χ1v) is 11.7. The van der Waals surface area contributed by atoms with Crippen molar-refractivity contribution in [1.82, 2.24) is 0 Å². The molecule has 0 aliphatic heterocycles. The van der Waals surface area contributed by atoms with E-state index < -0.39 is 19.2 Å². The molecule has 0 saturated carbocycles. The summed E-state index contributed by atoms with van der Waals surface area (Å²) >= 11 is -3.42. The van der Waals surface area contributed by atoms with E-state index in [0.29, 0.717) is 0 Å².